The first kappa shape index (κ1) is 19.2. The van der Waals surface area contributed by atoms with Crippen LogP contribution in [0.3, 0.4) is 0 Å². The molecule has 5 nitrogen and oxygen atoms in total. The van der Waals surface area contributed by atoms with Gasteiger partial charge in [0, 0.05) is 43.1 Å². The molecule has 0 unspecified atom stereocenters. The molecule has 1 aliphatic heterocycles. The van der Waals surface area contributed by atoms with Crippen LogP contribution in [0.15, 0.2) is 67.3 Å². The molecule has 1 N–H and O–H groups in total. The van der Waals surface area contributed by atoms with E-state index < -0.39 is 0 Å². The molecule has 0 aromatic carbocycles. The first-order valence-corrected chi connectivity index (χ1v) is 11.3. The van der Waals surface area contributed by atoms with E-state index in [-0.39, 0.29) is 12.1 Å². The van der Waals surface area contributed by atoms with E-state index in [2.05, 4.69) is 67.3 Å². The Balaban J connectivity index is 1.54. The highest BCUT2D eigenvalue weighted by Crippen LogP contribution is 2.41. The maximum Gasteiger partial charge on any atom is 0.170 e. The molecule has 0 spiro atoms. The zero-order valence-electron chi connectivity index (χ0n) is 17.0. The van der Waals surface area contributed by atoms with Gasteiger partial charge >= 0.3 is 0 Å². The van der Waals surface area contributed by atoms with E-state index >= 15 is 0 Å². The third-order valence-electron chi connectivity index (χ3n) is 6.38. The Morgan fingerprint density at radius 1 is 0.967 bits per heavy atom. The van der Waals surface area contributed by atoms with Crippen molar-refractivity contribution in [3.63, 3.8) is 0 Å². The molecule has 2 aliphatic rings. The van der Waals surface area contributed by atoms with Gasteiger partial charge in [0.15, 0.2) is 5.11 Å². The van der Waals surface area contributed by atoms with Crippen LogP contribution < -0.4 is 5.32 Å². The molecule has 1 saturated carbocycles. The Morgan fingerprint density at radius 3 is 2.57 bits per heavy atom. The van der Waals surface area contributed by atoms with E-state index in [1.165, 1.54) is 43.4 Å². The Kier molecular flexibility index (Phi) is 5.49. The molecule has 6 heteroatoms. The molecule has 0 amide bonds. The second-order valence-corrected chi connectivity index (χ2v) is 8.63. The van der Waals surface area contributed by atoms with E-state index in [9.17, 15) is 0 Å². The second kappa shape index (κ2) is 8.56. The van der Waals surface area contributed by atoms with E-state index in [4.69, 9.17) is 12.2 Å². The number of thiocarbonyl (C=S) groups is 1. The lowest BCUT2D eigenvalue weighted by molar-refractivity contribution is 0.275. The molecule has 5 rings (SSSR count). The molecular weight excluding hydrogens is 390 g/mol. The van der Waals surface area contributed by atoms with Gasteiger partial charge in [0.05, 0.1) is 17.8 Å². The number of nitrogens with one attached hydrogen (secondary N) is 1. The van der Waals surface area contributed by atoms with Crippen LogP contribution in [0, 0.1) is 0 Å². The van der Waals surface area contributed by atoms with Gasteiger partial charge in [-0.25, -0.2) is 0 Å². The normalized spacial score (nSPS) is 22.3. The molecule has 1 aliphatic carbocycles. The smallest absolute Gasteiger partial charge is 0.170 e. The van der Waals surface area contributed by atoms with Gasteiger partial charge in [-0.15, -0.1) is 0 Å². The van der Waals surface area contributed by atoms with Crippen LogP contribution in [0.4, 0.5) is 0 Å². The minimum Gasteiger partial charge on any atom is -0.352 e. The molecule has 2 fully saturated rings. The maximum absolute atomic E-state index is 5.83. The minimum atomic E-state index is 0.0257. The lowest BCUT2D eigenvalue weighted by Crippen LogP contribution is -2.30. The first-order chi connectivity index (χ1) is 14.8. The van der Waals surface area contributed by atoms with Crippen molar-refractivity contribution >= 4 is 17.3 Å². The third-order valence-corrected chi connectivity index (χ3v) is 6.74. The zero-order valence-corrected chi connectivity index (χ0v) is 17.8. The molecule has 3 aromatic heterocycles. The molecule has 4 heterocycles. The van der Waals surface area contributed by atoms with Gasteiger partial charge in [-0.3, -0.25) is 9.97 Å². The standard InChI is InChI=1S/C24H27N5S/c30-24-27-22(20-9-4-5-13-26-20)23(29(24)17-18-11-14-25-15-12-18)21-10-6-16-28(21)19-7-2-1-3-8-19/h4-6,9-16,19,22-23H,1-3,7-8,17H2,(H,27,30)/t22-,23+/m0/s1. The number of hydrogen-bond donors (Lipinski definition) is 1. The van der Waals surface area contributed by atoms with Crippen LogP contribution in [0.5, 0.6) is 0 Å². The summed E-state index contributed by atoms with van der Waals surface area (Å²) in [6.45, 7) is 0.748. The van der Waals surface area contributed by atoms with E-state index in [1.807, 2.05) is 24.7 Å². The molecule has 2 atom stereocenters. The van der Waals surface area contributed by atoms with E-state index in [0.29, 0.717) is 6.04 Å². The van der Waals surface area contributed by atoms with Gasteiger partial charge in [0.1, 0.15) is 0 Å². The fourth-order valence-corrected chi connectivity index (χ4v) is 5.24. The van der Waals surface area contributed by atoms with Crippen molar-refractivity contribution in [3.8, 4) is 0 Å². The van der Waals surface area contributed by atoms with Crippen molar-refractivity contribution in [2.24, 2.45) is 0 Å². The SMILES string of the molecule is S=C1N[C@@H](c2ccccn2)[C@@H](c2cccn2C2CCCCC2)N1Cc1ccncc1. The number of hydrogen-bond acceptors (Lipinski definition) is 3. The van der Waals surface area contributed by atoms with Crippen molar-refractivity contribution in [2.75, 3.05) is 0 Å². The van der Waals surface area contributed by atoms with Crippen LogP contribution in [-0.2, 0) is 6.54 Å². The van der Waals surface area contributed by atoms with E-state index in [1.54, 1.807) is 0 Å². The van der Waals surface area contributed by atoms with Crippen LogP contribution in [0.2, 0.25) is 0 Å². The number of aromatic nitrogens is 3. The first-order valence-electron chi connectivity index (χ1n) is 10.8. The van der Waals surface area contributed by atoms with Gasteiger partial charge in [-0.2, -0.15) is 0 Å². The molecule has 1 saturated heterocycles. The second-order valence-electron chi connectivity index (χ2n) is 8.24. The third kappa shape index (κ3) is 3.72. The molecular formula is C24H27N5S. The van der Waals surface area contributed by atoms with Crippen molar-refractivity contribution in [3.05, 3.63) is 84.2 Å². The summed E-state index contributed by atoms with van der Waals surface area (Å²) in [6, 6.07) is 15.4. The van der Waals surface area contributed by atoms with Gasteiger partial charge in [-0.05, 0) is 67.0 Å². The summed E-state index contributed by atoms with van der Waals surface area (Å²) in [7, 11) is 0. The lowest BCUT2D eigenvalue weighted by Gasteiger charge is -2.32. The molecule has 154 valence electrons. The van der Waals surface area contributed by atoms with E-state index in [0.717, 1.165) is 17.4 Å². The fraction of sp³-hybridized carbons (Fsp3) is 0.375. The fourth-order valence-electron chi connectivity index (χ4n) is 4.93. The van der Waals surface area contributed by atoms with Crippen LogP contribution in [0.1, 0.15) is 67.2 Å². The van der Waals surface area contributed by atoms with Crippen molar-refractivity contribution in [2.45, 2.75) is 56.8 Å². The highest BCUT2D eigenvalue weighted by molar-refractivity contribution is 7.80. The quantitative estimate of drug-likeness (QED) is 0.595. The zero-order chi connectivity index (χ0) is 20.3. The Labute approximate surface area is 183 Å². The molecule has 0 bridgehead atoms. The van der Waals surface area contributed by atoms with Crippen LogP contribution in [-0.4, -0.2) is 24.5 Å². The van der Waals surface area contributed by atoms with Crippen molar-refractivity contribution < 1.29 is 0 Å². The summed E-state index contributed by atoms with van der Waals surface area (Å²) in [5, 5.41) is 4.36. The van der Waals surface area contributed by atoms with Crippen LogP contribution in [0.25, 0.3) is 0 Å². The minimum absolute atomic E-state index is 0.0257. The number of nitrogens with zero attached hydrogens (tertiary/aromatic N) is 4. The number of pyridine rings is 2. The molecule has 0 radical (unpaired) electrons. The largest absolute Gasteiger partial charge is 0.352 e. The predicted molar refractivity (Wildman–Crippen MR) is 122 cm³/mol. The summed E-state index contributed by atoms with van der Waals surface area (Å²) < 4.78 is 2.51. The van der Waals surface area contributed by atoms with Gasteiger partial charge in [0.2, 0.25) is 0 Å². The van der Waals surface area contributed by atoms with Crippen LogP contribution >= 0.6 is 12.2 Å². The van der Waals surface area contributed by atoms with Crippen molar-refractivity contribution in [1.29, 1.82) is 0 Å². The molecule has 30 heavy (non-hydrogen) atoms. The number of rotatable bonds is 5. The topological polar surface area (TPSA) is 46.0 Å². The summed E-state index contributed by atoms with van der Waals surface area (Å²) in [4.78, 5) is 11.2. The summed E-state index contributed by atoms with van der Waals surface area (Å²) in [6.07, 6.45) is 14.3. The van der Waals surface area contributed by atoms with Crippen molar-refractivity contribution in [1.82, 2.24) is 24.8 Å². The highest BCUT2D eigenvalue weighted by Gasteiger charge is 2.41. The molecule has 3 aromatic rings. The monoisotopic (exact) mass is 417 g/mol. The average molecular weight is 418 g/mol. The van der Waals surface area contributed by atoms with Gasteiger partial charge in [-0.1, -0.05) is 25.3 Å². The average Bonchev–Trinajstić information content (AvgIpc) is 3.40. The summed E-state index contributed by atoms with van der Waals surface area (Å²) in [5.41, 5.74) is 3.55. The lowest BCUT2D eigenvalue weighted by atomic mass is 9.94. The summed E-state index contributed by atoms with van der Waals surface area (Å²) >= 11 is 5.83. The maximum atomic E-state index is 5.83. The highest BCUT2D eigenvalue weighted by atomic mass is 32.1. The Morgan fingerprint density at radius 2 is 1.80 bits per heavy atom. The Hall–Kier alpha value is -2.73. The summed E-state index contributed by atoms with van der Waals surface area (Å²) in [5.74, 6) is 0. The predicted octanol–water partition coefficient (Wildman–Crippen LogP) is 4.96. The van der Waals surface area contributed by atoms with Gasteiger partial charge in [0.25, 0.3) is 0 Å². The Bertz CT molecular complexity index is 981. The van der Waals surface area contributed by atoms with Gasteiger partial charge < -0.3 is 14.8 Å².